The maximum atomic E-state index is 11.7. The summed E-state index contributed by atoms with van der Waals surface area (Å²) in [6.45, 7) is 3.32. The maximum absolute atomic E-state index is 11.7. The van der Waals surface area contributed by atoms with Gasteiger partial charge in [-0.15, -0.1) is 0 Å². The Hall–Kier alpha value is -0.810. The lowest BCUT2D eigenvalue weighted by atomic mass is 10.1. The molecule has 1 rings (SSSR count). The third-order valence-corrected chi connectivity index (χ3v) is 3.15. The van der Waals surface area contributed by atoms with Gasteiger partial charge < -0.3 is 15.4 Å². The molecule has 0 saturated carbocycles. The number of hydrogen-bond acceptors (Lipinski definition) is 3. The lowest BCUT2D eigenvalue weighted by Gasteiger charge is -2.16. The van der Waals surface area contributed by atoms with Crippen LogP contribution in [0.4, 0.5) is 0 Å². The van der Waals surface area contributed by atoms with E-state index >= 15 is 0 Å². The molecule has 106 valence electrons. The molecule has 0 aromatic heterocycles. The highest BCUT2D eigenvalue weighted by molar-refractivity contribution is 6.33. The summed E-state index contributed by atoms with van der Waals surface area (Å²) in [4.78, 5) is 11.7. The van der Waals surface area contributed by atoms with Crippen molar-refractivity contribution in [3.8, 4) is 0 Å². The third-order valence-electron chi connectivity index (χ3n) is 2.57. The van der Waals surface area contributed by atoms with E-state index < -0.39 is 0 Å². The minimum atomic E-state index is -0.192. The van der Waals surface area contributed by atoms with E-state index in [9.17, 15) is 4.79 Å². The van der Waals surface area contributed by atoms with E-state index in [0.717, 1.165) is 5.56 Å². The van der Waals surface area contributed by atoms with Crippen molar-refractivity contribution in [3.05, 3.63) is 33.8 Å². The standard InChI is InChI=1S/C13H18Cl2N2O2/c1-9(11-7-10(14)3-4-12(11)15)17-13(18)8-16-5-6-19-2/h3-4,7,9,16H,5-6,8H2,1-2H3,(H,17,18). The summed E-state index contributed by atoms with van der Waals surface area (Å²) >= 11 is 12.0. The molecule has 0 radical (unpaired) electrons. The number of amides is 1. The number of carbonyl (C=O) groups excluding carboxylic acids is 1. The first-order chi connectivity index (χ1) is 9.04. The second-order valence-electron chi connectivity index (χ2n) is 4.12. The zero-order valence-electron chi connectivity index (χ0n) is 11.0. The van der Waals surface area contributed by atoms with E-state index in [1.807, 2.05) is 6.92 Å². The molecule has 0 aliphatic carbocycles. The van der Waals surface area contributed by atoms with Gasteiger partial charge in [0.25, 0.3) is 0 Å². The fourth-order valence-corrected chi connectivity index (χ4v) is 2.05. The number of rotatable bonds is 7. The molecule has 0 bridgehead atoms. The molecule has 1 amide bonds. The van der Waals surface area contributed by atoms with Crippen molar-refractivity contribution in [2.24, 2.45) is 0 Å². The second kappa shape index (κ2) is 8.38. The van der Waals surface area contributed by atoms with Crippen LogP contribution in [0.2, 0.25) is 10.0 Å². The van der Waals surface area contributed by atoms with Gasteiger partial charge in [0.15, 0.2) is 0 Å². The highest BCUT2D eigenvalue weighted by Crippen LogP contribution is 2.25. The molecule has 1 aromatic rings. The Morgan fingerprint density at radius 3 is 2.84 bits per heavy atom. The predicted molar refractivity (Wildman–Crippen MR) is 77.8 cm³/mol. The van der Waals surface area contributed by atoms with Crippen LogP contribution in [0.15, 0.2) is 18.2 Å². The normalized spacial score (nSPS) is 12.2. The topological polar surface area (TPSA) is 50.4 Å². The first kappa shape index (κ1) is 16.2. The van der Waals surface area contributed by atoms with Gasteiger partial charge in [0, 0.05) is 23.7 Å². The lowest BCUT2D eigenvalue weighted by molar-refractivity contribution is -0.120. The number of methoxy groups -OCH3 is 1. The van der Waals surface area contributed by atoms with Gasteiger partial charge in [-0.1, -0.05) is 23.2 Å². The smallest absolute Gasteiger partial charge is 0.234 e. The van der Waals surface area contributed by atoms with E-state index in [-0.39, 0.29) is 18.5 Å². The van der Waals surface area contributed by atoms with Gasteiger partial charge in [-0.05, 0) is 30.7 Å². The van der Waals surface area contributed by atoms with E-state index in [1.165, 1.54) is 0 Å². The summed E-state index contributed by atoms with van der Waals surface area (Å²) < 4.78 is 4.88. The van der Waals surface area contributed by atoms with Crippen molar-refractivity contribution >= 4 is 29.1 Å². The lowest BCUT2D eigenvalue weighted by Crippen LogP contribution is -2.36. The van der Waals surface area contributed by atoms with Crippen molar-refractivity contribution in [1.29, 1.82) is 0 Å². The molecule has 4 nitrogen and oxygen atoms in total. The van der Waals surface area contributed by atoms with Crippen molar-refractivity contribution < 1.29 is 9.53 Å². The molecule has 0 heterocycles. The van der Waals surface area contributed by atoms with Crippen LogP contribution >= 0.6 is 23.2 Å². The summed E-state index contributed by atoms with van der Waals surface area (Å²) in [7, 11) is 1.62. The fraction of sp³-hybridized carbons (Fsp3) is 0.462. The molecule has 0 fully saturated rings. The molecule has 0 saturated heterocycles. The molecule has 19 heavy (non-hydrogen) atoms. The Morgan fingerprint density at radius 1 is 1.42 bits per heavy atom. The van der Waals surface area contributed by atoms with E-state index in [0.29, 0.717) is 23.2 Å². The van der Waals surface area contributed by atoms with Crippen LogP contribution < -0.4 is 10.6 Å². The van der Waals surface area contributed by atoms with Crippen LogP contribution in [-0.2, 0) is 9.53 Å². The maximum Gasteiger partial charge on any atom is 0.234 e. The molecule has 1 unspecified atom stereocenters. The SMILES string of the molecule is COCCNCC(=O)NC(C)c1cc(Cl)ccc1Cl. The first-order valence-corrected chi connectivity index (χ1v) is 6.74. The van der Waals surface area contributed by atoms with Crippen LogP contribution in [0.1, 0.15) is 18.5 Å². The van der Waals surface area contributed by atoms with Crippen LogP contribution in [0.25, 0.3) is 0 Å². The van der Waals surface area contributed by atoms with Gasteiger partial charge in [-0.3, -0.25) is 4.79 Å². The van der Waals surface area contributed by atoms with E-state index in [2.05, 4.69) is 10.6 Å². The average molecular weight is 305 g/mol. The molecule has 0 aliphatic rings. The summed E-state index contributed by atoms with van der Waals surface area (Å²) in [6.07, 6.45) is 0. The predicted octanol–water partition coefficient (Wildman–Crippen LogP) is 2.41. The third kappa shape index (κ3) is 5.78. The minimum Gasteiger partial charge on any atom is -0.383 e. The first-order valence-electron chi connectivity index (χ1n) is 5.98. The van der Waals surface area contributed by atoms with Gasteiger partial charge >= 0.3 is 0 Å². The van der Waals surface area contributed by atoms with Gasteiger partial charge in [-0.25, -0.2) is 0 Å². The zero-order chi connectivity index (χ0) is 14.3. The highest BCUT2D eigenvalue weighted by atomic mass is 35.5. The largest absolute Gasteiger partial charge is 0.383 e. The Kier molecular flexibility index (Phi) is 7.16. The Labute approximate surface area is 123 Å². The summed E-state index contributed by atoms with van der Waals surface area (Å²) in [6, 6.07) is 5.00. The molecule has 0 aliphatic heterocycles. The molecule has 6 heteroatoms. The Morgan fingerprint density at radius 2 is 2.16 bits per heavy atom. The number of halogens is 2. The Bertz CT molecular complexity index is 427. The van der Waals surface area contributed by atoms with Crippen molar-refractivity contribution in [3.63, 3.8) is 0 Å². The summed E-state index contributed by atoms with van der Waals surface area (Å²) in [5, 5.41) is 7.01. The summed E-state index contributed by atoms with van der Waals surface area (Å²) in [5.74, 6) is -0.0976. The molecule has 1 aromatic carbocycles. The molecular formula is C13H18Cl2N2O2. The average Bonchev–Trinajstić information content (AvgIpc) is 2.37. The van der Waals surface area contributed by atoms with Gasteiger partial charge in [-0.2, -0.15) is 0 Å². The van der Waals surface area contributed by atoms with Crippen LogP contribution in [0.3, 0.4) is 0 Å². The minimum absolute atomic E-state index is 0.0976. The summed E-state index contributed by atoms with van der Waals surface area (Å²) in [5.41, 5.74) is 0.805. The van der Waals surface area contributed by atoms with Crippen LogP contribution in [0, 0.1) is 0 Å². The fourth-order valence-electron chi connectivity index (χ4n) is 1.59. The molecule has 2 N–H and O–H groups in total. The van der Waals surface area contributed by atoms with Crippen molar-refractivity contribution in [1.82, 2.24) is 10.6 Å². The second-order valence-corrected chi connectivity index (χ2v) is 4.97. The van der Waals surface area contributed by atoms with Crippen LogP contribution in [0.5, 0.6) is 0 Å². The molecule has 0 spiro atoms. The quantitative estimate of drug-likeness (QED) is 0.761. The monoisotopic (exact) mass is 304 g/mol. The number of hydrogen-bond donors (Lipinski definition) is 2. The van der Waals surface area contributed by atoms with E-state index in [4.69, 9.17) is 27.9 Å². The van der Waals surface area contributed by atoms with Gasteiger partial charge in [0.1, 0.15) is 0 Å². The van der Waals surface area contributed by atoms with Gasteiger partial charge in [0.2, 0.25) is 5.91 Å². The Balaban J connectivity index is 2.47. The zero-order valence-corrected chi connectivity index (χ0v) is 12.5. The van der Waals surface area contributed by atoms with Crippen molar-refractivity contribution in [2.75, 3.05) is 26.8 Å². The van der Waals surface area contributed by atoms with Gasteiger partial charge in [0.05, 0.1) is 19.2 Å². The number of ether oxygens (including phenoxy) is 1. The molecule has 1 atom stereocenters. The number of nitrogens with one attached hydrogen (secondary N) is 2. The van der Waals surface area contributed by atoms with E-state index in [1.54, 1.807) is 25.3 Å². The number of carbonyl (C=O) groups is 1. The molecular weight excluding hydrogens is 287 g/mol. The number of benzene rings is 1. The van der Waals surface area contributed by atoms with Crippen LogP contribution in [-0.4, -0.2) is 32.7 Å². The van der Waals surface area contributed by atoms with Crippen molar-refractivity contribution in [2.45, 2.75) is 13.0 Å². The highest BCUT2D eigenvalue weighted by Gasteiger charge is 2.12.